The predicted octanol–water partition coefficient (Wildman–Crippen LogP) is 3.69. The summed E-state index contributed by atoms with van der Waals surface area (Å²) in [7, 11) is 0. The molecule has 3 aromatic rings. The number of phenols is 1. The Hall–Kier alpha value is -2.62. The Bertz CT molecular complexity index is 753. The lowest BCUT2D eigenvalue weighted by atomic mass is 10.1. The number of anilines is 1. The highest BCUT2D eigenvalue weighted by atomic mass is 19.1. The molecule has 2 aromatic carbocycles. The van der Waals surface area contributed by atoms with Crippen molar-refractivity contribution in [3.63, 3.8) is 0 Å². The summed E-state index contributed by atoms with van der Waals surface area (Å²) in [6, 6.07) is 12.2. The highest BCUT2D eigenvalue weighted by Gasteiger charge is 2.03. The van der Waals surface area contributed by atoms with Crippen molar-refractivity contribution < 1.29 is 9.50 Å². The average Bonchev–Trinajstić information content (AvgIpc) is 2.48. The molecule has 0 spiro atoms. The van der Waals surface area contributed by atoms with E-state index in [1.165, 1.54) is 12.1 Å². The molecule has 2 N–H and O–H groups in total. The van der Waals surface area contributed by atoms with Gasteiger partial charge in [-0.05, 0) is 29.1 Å². The second kappa shape index (κ2) is 5.17. The number of hydrogen-bond acceptors (Lipinski definition) is 3. The minimum Gasteiger partial charge on any atom is -0.505 e. The summed E-state index contributed by atoms with van der Waals surface area (Å²) >= 11 is 0. The van der Waals surface area contributed by atoms with E-state index < -0.39 is 5.82 Å². The molecule has 20 heavy (non-hydrogen) atoms. The van der Waals surface area contributed by atoms with Crippen LogP contribution in [0.5, 0.6) is 5.75 Å². The summed E-state index contributed by atoms with van der Waals surface area (Å²) in [5, 5.41) is 14.5. The first-order valence-corrected chi connectivity index (χ1v) is 6.28. The molecule has 0 saturated carbocycles. The largest absolute Gasteiger partial charge is 0.505 e. The van der Waals surface area contributed by atoms with Crippen LogP contribution in [0.15, 0.2) is 54.9 Å². The summed E-state index contributed by atoms with van der Waals surface area (Å²) in [5.74, 6) is -0.969. The summed E-state index contributed by atoms with van der Waals surface area (Å²) in [4.78, 5) is 4.10. The molecule has 0 saturated heterocycles. The van der Waals surface area contributed by atoms with Gasteiger partial charge in [0.15, 0.2) is 11.6 Å². The van der Waals surface area contributed by atoms with E-state index in [0.29, 0.717) is 12.2 Å². The average molecular weight is 268 g/mol. The number of aromatic nitrogens is 1. The number of aromatic hydroxyl groups is 1. The van der Waals surface area contributed by atoms with Crippen LogP contribution < -0.4 is 5.32 Å². The zero-order chi connectivity index (χ0) is 13.9. The SMILES string of the molecule is Oc1ccc(NCc2cccc3cnccc23)cc1F. The Balaban J connectivity index is 1.85. The smallest absolute Gasteiger partial charge is 0.166 e. The van der Waals surface area contributed by atoms with Gasteiger partial charge in [-0.1, -0.05) is 18.2 Å². The van der Waals surface area contributed by atoms with Crippen molar-refractivity contribution in [2.75, 3.05) is 5.32 Å². The van der Waals surface area contributed by atoms with E-state index in [2.05, 4.69) is 10.3 Å². The van der Waals surface area contributed by atoms with Crippen LogP contribution in [0.2, 0.25) is 0 Å². The summed E-state index contributed by atoms with van der Waals surface area (Å²) in [6.07, 6.45) is 3.57. The lowest BCUT2D eigenvalue weighted by Gasteiger charge is -2.09. The Labute approximate surface area is 115 Å². The number of nitrogens with zero attached hydrogens (tertiary/aromatic N) is 1. The van der Waals surface area contributed by atoms with Gasteiger partial charge in [0.1, 0.15) is 0 Å². The highest BCUT2D eigenvalue weighted by Crippen LogP contribution is 2.22. The third-order valence-electron chi connectivity index (χ3n) is 3.20. The molecule has 0 bridgehead atoms. The van der Waals surface area contributed by atoms with Crippen molar-refractivity contribution in [2.45, 2.75) is 6.54 Å². The number of pyridine rings is 1. The Morgan fingerprint density at radius 1 is 1.15 bits per heavy atom. The maximum atomic E-state index is 13.3. The fourth-order valence-corrected chi connectivity index (χ4v) is 2.16. The normalized spacial score (nSPS) is 10.7. The van der Waals surface area contributed by atoms with Gasteiger partial charge in [0.25, 0.3) is 0 Å². The van der Waals surface area contributed by atoms with Crippen molar-refractivity contribution in [2.24, 2.45) is 0 Å². The summed E-state index contributed by atoms with van der Waals surface area (Å²) in [5.41, 5.74) is 1.74. The van der Waals surface area contributed by atoms with Crippen LogP contribution >= 0.6 is 0 Å². The topological polar surface area (TPSA) is 45.1 Å². The molecule has 1 aromatic heterocycles. The second-order valence-corrected chi connectivity index (χ2v) is 4.53. The van der Waals surface area contributed by atoms with E-state index in [4.69, 9.17) is 5.11 Å². The van der Waals surface area contributed by atoms with E-state index in [1.807, 2.05) is 30.5 Å². The molecule has 3 nitrogen and oxygen atoms in total. The zero-order valence-corrected chi connectivity index (χ0v) is 10.7. The van der Waals surface area contributed by atoms with Gasteiger partial charge in [0.05, 0.1) is 0 Å². The fraction of sp³-hybridized carbons (Fsp3) is 0.0625. The Morgan fingerprint density at radius 2 is 2.05 bits per heavy atom. The lowest BCUT2D eigenvalue weighted by Crippen LogP contribution is -2.00. The molecule has 0 amide bonds. The van der Waals surface area contributed by atoms with E-state index in [0.717, 1.165) is 16.3 Å². The quantitative estimate of drug-likeness (QED) is 0.712. The number of phenolic OH excluding ortho intramolecular Hbond substituents is 1. The Kier molecular flexibility index (Phi) is 3.21. The Morgan fingerprint density at radius 3 is 2.90 bits per heavy atom. The van der Waals surface area contributed by atoms with Crippen molar-refractivity contribution in [1.82, 2.24) is 4.98 Å². The number of hydrogen-bond donors (Lipinski definition) is 2. The molecule has 0 aliphatic rings. The fourth-order valence-electron chi connectivity index (χ4n) is 2.16. The number of halogens is 1. The number of fused-ring (bicyclic) bond motifs is 1. The van der Waals surface area contributed by atoms with Crippen molar-refractivity contribution in [1.29, 1.82) is 0 Å². The van der Waals surface area contributed by atoms with E-state index in [-0.39, 0.29) is 5.75 Å². The van der Waals surface area contributed by atoms with Crippen molar-refractivity contribution >= 4 is 16.5 Å². The molecule has 4 heteroatoms. The molecule has 0 unspecified atom stereocenters. The van der Waals surface area contributed by atoms with Gasteiger partial charge in [0, 0.05) is 36.1 Å². The minimum absolute atomic E-state index is 0.341. The molecule has 0 radical (unpaired) electrons. The van der Waals surface area contributed by atoms with Crippen molar-refractivity contribution in [3.05, 3.63) is 66.2 Å². The van der Waals surface area contributed by atoms with Crippen LogP contribution in [0.25, 0.3) is 10.8 Å². The van der Waals surface area contributed by atoms with Gasteiger partial charge in [-0.15, -0.1) is 0 Å². The van der Waals surface area contributed by atoms with Crippen LogP contribution in [0.4, 0.5) is 10.1 Å². The maximum absolute atomic E-state index is 13.3. The molecular formula is C16H13FN2O. The van der Waals surface area contributed by atoms with Crippen molar-refractivity contribution in [3.8, 4) is 5.75 Å². The number of rotatable bonds is 3. The molecular weight excluding hydrogens is 255 g/mol. The molecule has 0 aliphatic heterocycles. The van der Waals surface area contributed by atoms with Gasteiger partial charge >= 0.3 is 0 Å². The highest BCUT2D eigenvalue weighted by molar-refractivity contribution is 5.84. The predicted molar refractivity (Wildman–Crippen MR) is 77.1 cm³/mol. The lowest BCUT2D eigenvalue weighted by molar-refractivity contribution is 0.432. The third kappa shape index (κ3) is 2.40. The monoisotopic (exact) mass is 268 g/mol. The van der Waals surface area contributed by atoms with E-state index in [1.54, 1.807) is 12.3 Å². The maximum Gasteiger partial charge on any atom is 0.166 e. The summed E-state index contributed by atoms with van der Waals surface area (Å²) < 4.78 is 13.3. The van der Waals surface area contributed by atoms with Crippen LogP contribution in [0.3, 0.4) is 0 Å². The molecule has 3 rings (SSSR count). The molecule has 0 aliphatic carbocycles. The number of benzene rings is 2. The first-order chi connectivity index (χ1) is 9.74. The molecule has 1 heterocycles. The van der Waals surface area contributed by atoms with Crippen LogP contribution in [0.1, 0.15) is 5.56 Å². The van der Waals surface area contributed by atoms with Crippen LogP contribution in [-0.2, 0) is 6.54 Å². The molecule has 0 atom stereocenters. The third-order valence-corrected chi connectivity index (χ3v) is 3.20. The first-order valence-electron chi connectivity index (χ1n) is 6.28. The first kappa shape index (κ1) is 12.4. The second-order valence-electron chi connectivity index (χ2n) is 4.53. The van der Waals surface area contributed by atoms with E-state index >= 15 is 0 Å². The van der Waals surface area contributed by atoms with Gasteiger partial charge in [-0.2, -0.15) is 0 Å². The van der Waals surface area contributed by atoms with Crippen LogP contribution in [0, 0.1) is 5.82 Å². The van der Waals surface area contributed by atoms with Gasteiger partial charge in [-0.3, -0.25) is 4.98 Å². The minimum atomic E-state index is -0.628. The number of nitrogens with one attached hydrogen (secondary N) is 1. The molecule has 100 valence electrons. The van der Waals surface area contributed by atoms with Crippen LogP contribution in [-0.4, -0.2) is 10.1 Å². The van der Waals surface area contributed by atoms with Gasteiger partial charge in [-0.25, -0.2) is 4.39 Å². The standard InChI is InChI=1S/C16H13FN2O/c17-15-8-13(4-5-16(15)20)19-10-12-3-1-2-11-9-18-7-6-14(11)12/h1-9,19-20H,10H2. The van der Waals surface area contributed by atoms with Gasteiger partial charge in [0.2, 0.25) is 0 Å². The van der Waals surface area contributed by atoms with E-state index in [9.17, 15) is 4.39 Å². The van der Waals surface area contributed by atoms with Gasteiger partial charge < -0.3 is 10.4 Å². The zero-order valence-electron chi connectivity index (χ0n) is 10.7. The summed E-state index contributed by atoms with van der Waals surface area (Å²) in [6.45, 7) is 0.575. The molecule has 0 fully saturated rings.